The minimum Gasteiger partial charge on any atom is -0.472 e. The van der Waals surface area contributed by atoms with Crippen LogP contribution in [0.2, 0.25) is 0 Å². The van der Waals surface area contributed by atoms with Crippen molar-refractivity contribution in [2.24, 2.45) is 0 Å². The molecule has 0 amide bonds. The van der Waals surface area contributed by atoms with Gasteiger partial charge in [-0.3, -0.25) is 0 Å². The fourth-order valence-electron chi connectivity index (χ4n) is 3.30. The summed E-state index contributed by atoms with van der Waals surface area (Å²) in [6, 6.07) is 23.2. The first-order valence-electron chi connectivity index (χ1n) is 9.84. The van der Waals surface area contributed by atoms with Gasteiger partial charge in [0.05, 0.1) is 12.5 Å². The zero-order valence-electron chi connectivity index (χ0n) is 16.8. The molecule has 0 saturated heterocycles. The number of rotatable bonds is 7. The summed E-state index contributed by atoms with van der Waals surface area (Å²) in [6.45, 7) is 0. The molecule has 164 valence electrons. The molecule has 0 aliphatic heterocycles. The Morgan fingerprint density at radius 2 is 1.56 bits per heavy atom. The molecule has 0 spiro atoms. The number of benzene rings is 3. The summed E-state index contributed by atoms with van der Waals surface area (Å²) in [5.41, 5.74) is -1.42. The maximum absolute atomic E-state index is 13.9. The zero-order chi connectivity index (χ0) is 22.6. The SMILES string of the molecule is OC(Cc1cccc(Oc2ccccc2)c1)(Nc1cccc(-c2ccoc2)c1)C(F)(F)F. The quantitative estimate of drug-likeness (QED) is 0.317. The number of para-hydroxylation sites is 1. The molecule has 2 N–H and O–H groups in total. The topological polar surface area (TPSA) is 54.6 Å². The summed E-state index contributed by atoms with van der Waals surface area (Å²) < 4.78 is 52.6. The summed E-state index contributed by atoms with van der Waals surface area (Å²) in [5, 5.41) is 12.9. The second kappa shape index (κ2) is 8.80. The van der Waals surface area contributed by atoms with Crippen molar-refractivity contribution in [2.45, 2.75) is 18.3 Å². The lowest BCUT2D eigenvalue weighted by Gasteiger charge is -2.32. The van der Waals surface area contributed by atoms with E-state index in [1.165, 1.54) is 36.8 Å². The fourth-order valence-corrected chi connectivity index (χ4v) is 3.30. The molecular weight excluding hydrogens is 419 g/mol. The molecule has 0 radical (unpaired) electrons. The number of furan rings is 1. The van der Waals surface area contributed by atoms with E-state index in [1.54, 1.807) is 54.6 Å². The van der Waals surface area contributed by atoms with Crippen LogP contribution >= 0.6 is 0 Å². The van der Waals surface area contributed by atoms with E-state index in [0.717, 1.165) is 5.56 Å². The van der Waals surface area contributed by atoms with Gasteiger partial charge < -0.3 is 19.6 Å². The molecule has 0 aliphatic carbocycles. The maximum Gasteiger partial charge on any atom is 0.436 e. The van der Waals surface area contributed by atoms with Crippen LogP contribution in [0.5, 0.6) is 11.5 Å². The third kappa shape index (κ3) is 4.95. The first-order valence-corrected chi connectivity index (χ1v) is 9.84. The molecule has 0 fully saturated rings. The molecule has 7 heteroatoms. The van der Waals surface area contributed by atoms with Crippen LogP contribution < -0.4 is 10.1 Å². The van der Waals surface area contributed by atoms with Crippen LogP contribution in [0.25, 0.3) is 11.1 Å². The number of anilines is 1. The molecule has 4 aromatic rings. The lowest BCUT2D eigenvalue weighted by Crippen LogP contribution is -2.53. The predicted molar refractivity (Wildman–Crippen MR) is 115 cm³/mol. The third-order valence-corrected chi connectivity index (χ3v) is 4.87. The second-order valence-corrected chi connectivity index (χ2v) is 7.32. The Hall–Kier alpha value is -3.71. The van der Waals surface area contributed by atoms with E-state index >= 15 is 0 Å². The lowest BCUT2D eigenvalue weighted by molar-refractivity contribution is -0.247. The molecule has 1 unspecified atom stereocenters. The van der Waals surface area contributed by atoms with E-state index in [-0.39, 0.29) is 11.3 Å². The minimum atomic E-state index is -4.94. The van der Waals surface area contributed by atoms with E-state index < -0.39 is 18.3 Å². The van der Waals surface area contributed by atoms with E-state index in [9.17, 15) is 18.3 Å². The van der Waals surface area contributed by atoms with Crippen molar-refractivity contribution >= 4 is 5.69 Å². The molecular formula is C25H20F3NO3. The fraction of sp³-hybridized carbons (Fsp3) is 0.120. The van der Waals surface area contributed by atoms with Gasteiger partial charge in [0.1, 0.15) is 11.5 Å². The normalized spacial score (nSPS) is 13.4. The third-order valence-electron chi connectivity index (χ3n) is 4.87. The lowest BCUT2D eigenvalue weighted by atomic mass is 10.0. The van der Waals surface area contributed by atoms with Crippen LogP contribution in [0.4, 0.5) is 18.9 Å². The van der Waals surface area contributed by atoms with Crippen molar-refractivity contribution in [2.75, 3.05) is 5.32 Å². The van der Waals surface area contributed by atoms with Crippen LogP contribution in [-0.4, -0.2) is 17.0 Å². The highest BCUT2D eigenvalue weighted by molar-refractivity contribution is 5.67. The highest BCUT2D eigenvalue weighted by atomic mass is 19.4. The Labute approximate surface area is 182 Å². The number of ether oxygens (including phenoxy) is 1. The van der Waals surface area contributed by atoms with E-state index in [2.05, 4.69) is 5.32 Å². The summed E-state index contributed by atoms with van der Waals surface area (Å²) in [6.07, 6.45) is -2.67. The summed E-state index contributed by atoms with van der Waals surface area (Å²) >= 11 is 0. The van der Waals surface area contributed by atoms with Gasteiger partial charge in [-0.1, -0.05) is 42.5 Å². The summed E-state index contributed by atoms with van der Waals surface area (Å²) in [7, 11) is 0. The van der Waals surface area contributed by atoms with E-state index in [4.69, 9.17) is 9.15 Å². The Balaban J connectivity index is 1.58. The largest absolute Gasteiger partial charge is 0.472 e. The smallest absolute Gasteiger partial charge is 0.436 e. The van der Waals surface area contributed by atoms with Crippen molar-refractivity contribution in [1.82, 2.24) is 0 Å². The second-order valence-electron chi connectivity index (χ2n) is 7.32. The average molecular weight is 439 g/mol. The predicted octanol–water partition coefficient (Wildman–Crippen LogP) is 6.64. The highest BCUT2D eigenvalue weighted by Crippen LogP contribution is 2.36. The van der Waals surface area contributed by atoms with Crippen molar-refractivity contribution in [3.8, 4) is 22.6 Å². The van der Waals surface area contributed by atoms with Crippen molar-refractivity contribution in [3.63, 3.8) is 0 Å². The zero-order valence-corrected chi connectivity index (χ0v) is 16.8. The molecule has 32 heavy (non-hydrogen) atoms. The Kier molecular flexibility index (Phi) is 5.92. The molecule has 4 nitrogen and oxygen atoms in total. The van der Waals surface area contributed by atoms with E-state index in [0.29, 0.717) is 17.1 Å². The minimum absolute atomic E-state index is 0.125. The van der Waals surface area contributed by atoms with Gasteiger partial charge in [0.25, 0.3) is 0 Å². The summed E-state index contributed by atoms with van der Waals surface area (Å²) in [4.78, 5) is 0. The van der Waals surface area contributed by atoms with Gasteiger partial charge in [-0.05, 0) is 53.6 Å². The van der Waals surface area contributed by atoms with E-state index in [1.807, 2.05) is 6.07 Å². The maximum atomic E-state index is 13.9. The standard InChI is InChI=1S/C25H20F3NO3/c26-25(27,28)24(30,29-21-8-5-7-19(15-21)20-12-13-31-17-20)16-18-6-4-11-23(14-18)32-22-9-2-1-3-10-22/h1-15,17,29-30H,16H2. The number of hydrogen-bond donors (Lipinski definition) is 2. The van der Waals surface area contributed by atoms with Crippen molar-refractivity contribution in [3.05, 3.63) is 103 Å². The average Bonchev–Trinajstić information content (AvgIpc) is 3.29. The number of alkyl halides is 3. The molecule has 0 saturated carbocycles. The van der Waals surface area contributed by atoms with Gasteiger partial charge >= 0.3 is 6.18 Å². The molecule has 1 atom stereocenters. The van der Waals surface area contributed by atoms with Gasteiger partial charge in [0.2, 0.25) is 5.72 Å². The van der Waals surface area contributed by atoms with Crippen LogP contribution in [0.3, 0.4) is 0 Å². The van der Waals surface area contributed by atoms with Gasteiger partial charge in [-0.15, -0.1) is 0 Å². The Bertz CT molecular complexity index is 1160. The number of nitrogens with one attached hydrogen (secondary N) is 1. The molecule has 4 rings (SSSR count). The number of aliphatic hydroxyl groups is 1. The van der Waals surface area contributed by atoms with Gasteiger partial charge in [0.15, 0.2) is 0 Å². The van der Waals surface area contributed by atoms with Gasteiger partial charge in [-0.2, -0.15) is 13.2 Å². The molecule has 3 aromatic carbocycles. The van der Waals surface area contributed by atoms with Crippen LogP contribution in [0.1, 0.15) is 5.56 Å². The molecule has 1 aromatic heterocycles. The van der Waals surface area contributed by atoms with Gasteiger partial charge in [-0.25, -0.2) is 0 Å². The van der Waals surface area contributed by atoms with Crippen LogP contribution in [-0.2, 0) is 6.42 Å². The highest BCUT2D eigenvalue weighted by Gasteiger charge is 2.54. The number of hydrogen-bond acceptors (Lipinski definition) is 4. The van der Waals surface area contributed by atoms with Crippen LogP contribution in [0.15, 0.2) is 102 Å². The van der Waals surface area contributed by atoms with Crippen LogP contribution in [0, 0.1) is 0 Å². The van der Waals surface area contributed by atoms with Crippen molar-refractivity contribution < 1.29 is 27.4 Å². The number of halogens is 3. The molecule has 1 heterocycles. The monoisotopic (exact) mass is 439 g/mol. The first kappa shape index (κ1) is 21.5. The molecule has 0 bridgehead atoms. The van der Waals surface area contributed by atoms with Gasteiger partial charge in [0, 0.05) is 17.7 Å². The Morgan fingerprint density at radius 1 is 0.812 bits per heavy atom. The summed E-state index contributed by atoms with van der Waals surface area (Å²) in [5.74, 6) is 0.935. The Morgan fingerprint density at radius 3 is 2.28 bits per heavy atom. The first-order chi connectivity index (χ1) is 15.3. The van der Waals surface area contributed by atoms with Crippen molar-refractivity contribution in [1.29, 1.82) is 0 Å². The molecule has 0 aliphatic rings.